The third-order valence-electron chi connectivity index (χ3n) is 1.75. The highest BCUT2D eigenvalue weighted by Crippen LogP contribution is 2.21. The smallest absolute Gasteiger partial charge is 0.224 e. The zero-order valence-electron chi connectivity index (χ0n) is 8.00. The number of hydrogen-bond acceptors (Lipinski definition) is 2. The molecule has 0 saturated carbocycles. The summed E-state index contributed by atoms with van der Waals surface area (Å²) in [6, 6.07) is 7.43. The first-order chi connectivity index (χ1) is 7.09. The van der Waals surface area contributed by atoms with E-state index in [9.17, 15) is 4.79 Å². The van der Waals surface area contributed by atoms with Crippen LogP contribution in [0.15, 0.2) is 28.7 Å². The minimum absolute atomic E-state index is 0.0882. The molecular weight excluding hydrogens is 276 g/mol. The molecule has 0 radical (unpaired) electrons. The number of anilines is 1. The summed E-state index contributed by atoms with van der Waals surface area (Å²) in [5, 5.41) is 2.76. The molecule has 1 amide bonds. The number of carbonyl (C=O) groups excluding carboxylic acids is 1. The van der Waals surface area contributed by atoms with Gasteiger partial charge in [0.1, 0.15) is 0 Å². The number of thiocarbonyl (C=S) groups is 1. The van der Waals surface area contributed by atoms with Gasteiger partial charge < -0.3 is 11.1 Å². The number of rotatable bonds is 4. The molecule has 0 aromatic heterocycles. The van der Waals surface area contributed by atoms with Crippen molar-refractivity contribution in [1.29, 1.82) is 0 Å². The highest BCUT2D eigenvalue weighted by Gasteiger charge is 2.04. The van der Waals surface area contributed by atoms with Crippen LogP contribution in [0.25, 0.3) is 0 Å². The second-order valence-corrected chi connectivity index (χ2v) is 4.37. The Kier molecular flexibility index (Phi) is 4.71. The summed E-state index contributed by atoms with van der Waals surface area (Å²) in [6.45, 7) is 0. The minimum atomic E-state index is -0.0882. The summed E-state index contributed by atoms with van der Waals surface area (Å²) in [5.74, 6) is -0.0882. The Labute approximate surface area is 102 Å². The van der Waals surface area contributed by atoms with Gasteiger partial charge in [-0.15, -0.1) is 0 Å². The lowest BCUT2D eigenvalue weighted by molar-refractivity contribution is -0.116. The van der Waals surface area contributed by atoms with Gasteiger partial charge in [-0.1, -0.05) is 24.4 Å². The second-order valence-electron chi connectivity index (χ2n) is 2.99. The van der Waals surface area contributed by atoms with Gasteiger partial charge in [-0.2, -0.15) is 0 Å². The normalized spacial score (nSPS) is 9.67. The zero-order valence-corrected chi connectivity index (χ0v) is 10.4. The third-order valence-corrected chi connectivity index (χ3v) is 2.64. The van der Waals surface area contributed by atoms with Crippen LogP contribution in [-0.4, -0.2) is 10.9 Å². The SMILES string of the molecule is NC(=S)CCC(=O)Nc1ccccc1Br. The van der Waals surface area contributed by atoms with Crippen molar-refractivity contribution in [2.45, 2.75) is 12.8 Å². The number of nitrogens with two attached hydrogens (primary N) is 1. The Morgan fingerprint density at radius 3 is 2.67 bits per heavy atom. The molecule has 0 aliphatic carbocycles. The molecule has 0 aliphatic rings. The van der Waals surface area contributed by atoms with Crippen LogP contribution in [0.1, 0.15) is 12.8 Å². The summed E-state index contributed by atoms with van der Waals surface area (Å²) in [7, 11) is 0. The number of carbonyl (C=O) groups is 1. The fourth-order valence-corrected chi connectivity index (χ4v) is 1.50. The number of halogens is 1. The van der Waals surface area contributed by atoms with E-state index < -0.39 is 0 Å². The number of nitrogens with one attached hydrogen (secondary N) is 1. The molecule has 0 heterocycles. The third kappa shape index (κ3) is 4.40. The molecule has 3 nitrogen and oxygen atoms in total. The molecule has 5 heteroatoms. The maximum atomic E-state index is 11.4. The molecule has 1 aromatic carbocycles. The topological polar surface area (TPSA) is 55.1 Å². The zero-order chi connectivity index (χ0) is 11.3. The maximum absolute atomic E-state index is 11.4. The van der Waals surface area contributed by atoms with E-state index in [0.717, 1.165) is 10.2 Å². The highest BCUT2D eigenvalue weighted by molar-refractivity contribution is 9.10. The molecule has 0 spiro atoms. The van der Waals surface area contributed by atoms with Crippen LogP contribution in [0.5, 0.6) is 0 Å². The molecule has 1 rings (SSSR count). The van der Waals surface area contributed by atoms with E-state index in [-0.39, 0.29) is 5.91 Å². The molecule has 15 heavy (non-hydrogen) atoms. The predicted octanol–water partition coefficient (Wildman–Crippen LogP) is 2.45. The largest absolute Gasteiger partial charge is 0.393 e. The lowest BCUT2D eigenvalue weighted by atomic mass is 10.2. The minimum Gasteiger partial charge on any atom is -0.393 e. The van der Waals surface area contributed by atoms with E-state index in [1.807, 2.05) is 24.3 Å². The fraction of sp³-hybridized carbons (Fsp3) is 0.200. The van der Waals surface area contributed by atoms with Gasteiger partial charge in [0.05, 0.1) is 10.7 Å². The van der Waals surface area contributed by atoms with Crippen LogP contribution < -0.4 is 11.1 Å². The molecule has 0 aliphatic heterocycles. The van der Waals surface area contributed by atoms with Crippen molar-refractivity contribution in [1.82, 2.24) is 0 Å². The predicted molar refractivity (Wildman–Crippen MR) is 68.8 cm³/mol. The summed E-state index contributed by atoms with van der Waals surface area (Å²) in [4.78, 5) is 11.8. The molecule has 0 unspecified atom stereocenters. The monoisotopic (exact) mass is 286 g/mol. The molecule has 0 bridgehead atoms. The number of benzene rings is 1. The van der Waals surface area contributed by atoms with Crippen molar-refractivity contribution in [3.63, 3.8) is 0 Å². The van der Waals surface area contributed by atoms with Crippen LogP contribution in [-0.2, 0) is 4.79 Å². The van der Waals surface area contributed by atoms with Gasteiger partial charge in [0.25, 0.3) is 0 Å². The number of para-hydroxylation sites is 1. The van der Waals surface area contributed by atoms with Crippen LogP contribution in [0, 0.1) is 0 Å². The highest BCUT2D eigenvalue weighted by atomic mass is 79.9. The van der Waals surface area contributed by atoms with Crippen molar-refractivity contribution in [3.05, 3.63) is 28.7 Å². The lowest BCUT2D eigenvalue weighted by Gasteiger charge is -2.06. The van der Waals surface area contributed by atoms with Crippen molar-refractivity contribution in [2.24, 2.45) is 5.73 Å². The standard InChI is InChI=1S/C10H11BrN2OS/c11-7-3-1-2-4-8(7)13-10(14)6-5-9(12)15/h1-4H,5-6H2,(H2,12,15)(H,13,14). The molecule has 0 fully saturated rings. The fourth-order valence-electron chi connectivity index (χ4n) is 1.01. The van der Waals surface area contributed by atoms with Gasteiger partial charge in [-0.25, -0.2) is 0 Å². The first-order valence-electron chi connectivity index (χ1n) is 4.42. The molecule has 0 saturated heterocycles. The van der Waals surface area contributed by atoms with Gasteiger partial charge >= 0.3 is 0 Å². The van der Waals surface area contributed by atoms with Gasteiger partial charge in [0.15, 0.2) is 0 Å². The van der Waals surface area contributed by atoms with Crippen LogP contribution in [0.4, 0.5) is 5.69 Å². The van der Waals surface area contributed by atoms with Crippen LogP contribution in [0.2, 0.25) is 0 Å². The average molecular weight is 287 g/mol. The van der Waals surface area contributed by atoms with E-state index in [0.29, 0.717) is 17.8 Å². The van der Waals surface area contributed by atoms with E-state index in [4.69, 9.17) is 18.0 Å². The molecule has 80 valence electrons. The van der Waals surface area contributed by atoms with Crippen molar-refractivity contribution in [2.75, 3.05) is 5.32 Å². The summed E-state index contributed by atoms with van der Waals surface area (Å²) >= 11 is 8.03. The first-order valence-corrected chi connectivity index (χ1v) is 5.62. The Morgan fingerprint density at radius 1 is 1.40 bits per heavy atom. The van der Waals surface area contributed by atoms with Gasteiger partial charge in [-0.3, -0.25) is 4.79 Å². The number of amides is 1. The number of hydrogen-bond donors (Lipinski definition) is 2. The van der Waals surface area contributed by atoms with E-state index >= 15 is 0 Å². The maximum Gasteiger partial charge on any atom is 0.224 e. The Bertz CT molecular complexity index is 381. The van der Waals surface area contributed by atoms with Crippen molar-refractivity contribution in [3.8, 4) is 0 Å². The summed E-state index contributed by atoms with van der Waals surface area (Å²) in [5.41, 5.74) is 6.06. The molecular formula is C10H11BrN2OS. The van der Waals surface area contributed by atoms with Crippen molar-refractivity contribution >= 4 is 44.7 Å². The molecule has 1 aromatic rings. The molecule has 0 atom stereocenters. The summed E-state index contributed by atoms with van der Waals surface area (Å²) < 4.78 is 0.855. The quantitative estimate of drug-likeness (QED) is 0.836. The summed E-state index contributed by atoms with van der Waals surface area (Å²) in [6.07, 6.45) is 0.752. The first kappa shape index (κ1) is 12.1. The van der Waals surface area contributed by atoms with Gasteiger partial charge in [0, 0.05) is 17.3 Å². The second kappa shape index (κ2) is 5.82. The van der Waals surface area contributed by atoms with Crippen molar-refractivity contribution < 1.29 is 4.79 Å². The Morgan fingerprint density at radius 2 is 2.07 bits per heavy atom. The van der Waals surface area contributed by atoms with Crippen LogP contribution in [0.3, 0.4) is 0 Å². The van der Waals surface area contributed by atoms with E-state index in [1.165, 1.54) is 0 Å². The van der Waals surface area contributed by atoms with Crippen LogP contribution >= 0.6 is 28.1 Å². The van der Waals surface area contributed by atoms with E-state index in [2.05, 4.69) is 21.2 Å². The van der Waals surface area contributed by atoms with Gasteiger partial charge in [-0.05, 0) is 28.1 Å². The molecule has 3 N–H and O–H groups in total. The van der Waals surface area contributed by atoms with Gasteiger partial charge in [0.2, 0.25) is 5.91 Å². The average Bonchev–Trinajstić information content (AvgIpc) is 2.18. The lowest BCUT2D eigenvalue weighted by Crippen LogP contribution is -2.16. The Hall–Kier alpha value is -0.940. The Balaban J connectivity index is 2.52. The van der Waals surface area contributed by atoms with E-state index in [1.54, 1.807) is 0 Å².